The first-order chi connectivity index (χ1) is 9.08. The summed E-state index contributed by atoms with van der Waals surface area (Å²) in [6, 6.07) is 6.84. The number of halogens is 1. The van der Waals surface area contributed by atoms with Gasteiger partial charge in [-0.1, -0.05) is 12.1 Å². The number of carboxylic acids is 1. The molecule has 2 heterocycles. The number of nitrogens with zero attached hydrogens (tertiary/aromatic N) is 2. The van der Waals surface area contributed by atoms with Crippen molar-refractivity contribution < 1.29 is 14.3 Å². The van der Waals surface area contributed by atoms with E-state index >= 15 is 0 Å². The van der Waals surface area contributed by atoms with Crippen molar-refractivity contribution in [2.24, 2.45) is 5.41 Å². The maximum absolute atomic E-state index is 13.7. The summed E-state index contributed by atoms with van der Waals surface area (Å²) in [5, 5.41) is 8.74. The van der Waals surface area contributed by atoms with Crippen LogP contribution in [0, 0.1) is 11.2 Å². The van der Waals surface area contributed by atoms with E-state index in [0.29, 0.717) is 5.69 Å². The molecule has 3 rings (SSSR count). The molecular weight excluding hydrogens is 247 g/mol. The van der Waals surface area contributed by atoms with Crippen LogP contribution in [0.5, 0.6) is 0 Å². The van der Waals surface area contributed by atoms with Crippen LogP contribution in [0.2, 0.25) is 0 Å². The summed E-state index contributed by atoms with van der Waals surface area (Å²) < 4.78 is 13.7. The van der Waals surface area contributed by atoms with Gasteiger partial charge in [-0.25, -0.2) is 4.39 Å². The molecule has 0 aromatic heterocycles. The molecule has 2 aliphatic rings. The van der Waals surface area contributed by atoms with Gasteiger partial charge in [-0.15, -0.1) is 0 Å². The van der Waals surface area contributed by atoms with E-state index in [1.54, 1.807) is 6.07 Å². The van der Waals surface area contributed by atoms with E-state index in [9.17, 15) is 9.18 Å². The summed E-state index contributed by atoms with van der Waals surface area (Å²) in [7, 11) is 0. The monoisotopic (exact) mass is 264 g/mol. The molecule has 2 saturated heterocycles. The molecule has 102 valence electrons. The van der Waals surface area contributed by atoms with Gasteiger partial charge in [0, 0.05) is 31.6 Å². The van der Waals surface area contributed by atoms with Gasteiger partial charge in [0.1, 0.15) is 5.82 Å². The molecule has 0 aliphatic carbocycles. The summed E-state index contributed by atoms with van der Waals surface area (Å²) in [6.45, 7) is 3.40. The van der Waals surface area contributed by atoms with E-state index in [-0.39, 0.29) is 17.8 Å². The van der Waals surface area contributed by atoms with Gasteiger partial charge in [-0.2, -0.15) is 0 Å². The third kappa shape index (κ3) is 2.30. The maximum Gasteiger partial charge on any atom is 0.317 e. The van der Waals surface area contributed by atoms with Gasteiger partial charge in [0.15, 0.2) is 0 Å². The lowest BCUT2D eigenvalue weighted by atomic mass is 9.79. The van der Waals surface area contributed by atoms with Gasteiger partial charge in [0.2, 0.25) is 0 Å². The van der Waals surface area contributed by atoms with E-state index in [1.165, 1.54) is 6.07 Å². The first-order valence-electron chi connectivity index (χ1n) is 6.52. The lowest BCUT2D eigenvalue weighted by Gasteiger charge is -2.47. The van der Waals surface area contributed by atoms with Crippen LogP contribution in [-0.2, 0) is 4.79 Å². The largest absolute Gasteiger partial charge is 0.480 e. The summed E-state index contributed by atoms with van der Waals surface area (Å²) in [5.74, 6) is -0.958. The number of benzene rings is 1. The van der Waals surface area contributed by atoms with E-state index in [1.807, 2.05) is 17.0 Å². The molecule has 0 atom stereocenters. The minimum atomic E-state index is -0.779. The van der Waals surface area contributed by atoms with Crippen molar-refractivity contribution in [1.29, 1.82) is 0 Å². The molecule has 0 radical (unpaired) electrons. The van der Waals surface area contributed by atoms with Crippen LogP contribution in [0.4, 0.5) is 10.1 Å². The fourth-order valence-electron chi connectivity index (χ4n) is 3.31. The summed E-state index contributed by atoms with van der Waals surface area (Å²) >= 11 is 0. The van der Waals surface area contributed by atoms with Crippen LogP contribution in [0.15, 0.2) is 24.3 Å². The molecule has 2 fully saturated rings. The van der Waals surface area contributed by atoms with Gasteiger partial charge in [0.05, 0.1) is 12.2 Å². The number of carboxylic acid groups (broad SMARTS) is 1. The first kappa shape index (κ1) is 12.4. The van der Waals surface area contributed by atoms with Crippen molar-refractivity contribution in [1.82, 2.24) is 4.90 Å². The van der Waals surface area contributed by atoms with E-state index in [2.05, 4.69) is 4.90 Å². The zero-order valence-corrected chi connectivity index (χ0v) is 10.7. The van der Waals surface area contributed by atoms with Crippen molar-refractivity contribution >= 4 is 11.7 Å². The Kier molecular flexibility index (Phi) is 2.93. The molecule has 1 aromatic carbocycles. The molecule has 0 bridgehead atoms. The predicted octanol–water partition coefficient (Wildman–Crippen LogP) is 1.42. The Morgan fingerprint density at radius 1 is 1.32 bits per heavy atom. The van der Waals surface area contributed by atoms with Crippen LogP contribution in [0.3, 0.4) is 0 Å². The predicted molar refractivity (Wildman–Crippen MR) is 69.7 cm³/mol. The van der Waals surface area contributed by atoms with Crippen molar-refractivity contribution in [2.75, 3.05) is 37.6 Å². The molecule has 19 heavy (non-hydrogen) atoms. The minimum absolute atomic E-state index is 0.113. The summed E-state index contributed by atoms with van der Waals surface area (Å²) in [5.41, 5.74) is 0.827. The fourth-order valence-corrected chi connectivity index (χ4v) is 3.31. The van der Waals surface area contributed by atoms with E-state index < -0.39 is 5.97 Å². The van der Waals surface area contributed by atoms with Gasteiger partial charge >= 0.3 is 5.97 Å². The van der Waals surface area contributed by atoms with Gasteiger partial charge in [0.25, 0.3) is 0 Å². The Labute approximate surface area is 111 Å². The number of hydrogen-bond donors (Lipinski definition) is 1. The molecule has 4 nitrogen and oxygen atoms in total. The molecule has 0 amide bonds. The lowest BCUT2D eigenvalue weighted by Crippen LogP contribution is -2.58. The SMILES string of the molecule is O=C(O)CN1CC2(CCN(c3ccccc3F)C2)C1. The molecule has 1 spiro atoms. The van der Waals surface area contributed by atoms with Crippen LogP contribution >= 0.6 is 0 Å². The lowest BCUT2D eigenvalue weighted by molar-refractivity contribution is -0.141. The Hall–Kier alpha value is -1.62. The number of anilines is 1. The first-order valence-corrected chi connectivity index (χ1v) is 6.52. The zero-order chi connectivity index (χ0) is 13.5. The number of para-hydroxylation sites is 1. The van der Waals surface area contributed by atoms with Crippen LogP contribution in [-0.4, -0.2) is 48.7 Å². The van der Waals surface area contributed by atoms with Gasteiger partial charge in [-0.3, -0.25) is 9.69 Å². The second-order valence-corrected chi connectivity index (χ2v) is 5.66. The number of likely N-dealkylation sites (tertiary alicyclic amines) is 1. The summed E-state index contributed by atoms with van der Waals surface area (Å²) in [4.78, 5) is 14.6. The molecule has 2 aliphatic heterocycles. The molecule has 0 unspecified atom stereocenters. The highest BCUT2D eigenvalue weighted by molar-refractivity contribution is 5.69. The maximum atomic E-state index is 13.7. The number of aliphatic carboxylic acids is 1. The Morgan fingerprint density at radius 3 is 2.74 bits per heavy atom. The van der Waals surface area contributed by atoms with Crippen molar-refractivity contribution in [3.63, 3.8) is 0 Å². The summed E-state index contributed by atoms with van der Waals surface area (Å²) in [6.07, 6.45) is 1.01. The Morgan fingerprint density at radius 2 is 2.05 bits per heavy atom. The molecule has 1 N–H and O–H groups in total. The second kappa shape index (κ2) is 4.49. The number of carbonyl (C=O) groups is 1. The van der Waals surface area contributed by atoms with Crippen molar-refractivity contribution in [3.05, 3.63) is 30.1 Å². The Bertz CT molecular complexity index is 500. The quantitative estimate of drug-likeness (QED) is 0.896. The van der Waals surface area contributed by atoms with Crippen LogP contribution in [0.25, 0.3) is 0 Å². The van der Waals surface area contributed by atoms with Crippen LogP contribution in [0.1, 0.15) is 6.42 Å². The third-order valence-corrected chi connectivity index (χ3v) is 4.11. The number of hydrogen-bond acceptors (Lipinski definition) is 3. The normalized spacial score (nSPS) is 21.6. The standard InChI is InChI=1S/C14H17FN2O2/c15-11-3-1-2-4-12(11)17-6-5-14(10-17)8-16(9-14)7-13(18)19/h1-4H,5-10H2,(H,18,19). The van der Waals surface area contributed by atoms with Gasteiger partial charge in [-0.05, 0) is 18.6 Å². The van der Waals surface area contributed by atoms with Gasteiger partial charge < -0.3 is 10.0 Å². The highest BCUT2D eigenvalue weighted by atomic mass is 19.1. The van der Waals surface area contributed by atoms with E-state index in [4.69, 9.17) is 5.11 Å². The molecular formula is C14H17FN2O2. The fraction of sp³-hybridized carbons (Fsp3) is 0.500. The van der Waals surface area contributed by atoms with Crippen molar-refractivity contribution in [3.8, 4) is 0 Å². The smallest absolute Gasteiger partial charge is 0.317 e. The number of rotatable bonds is 3. The third-order valence-electron chi connectivity index (χ3n) is 4.11. The van der Waals surface area contributed by atoms with Crippen LogP contribution < -0.4 is 4.90 Å². The second-order valence-electron chi connectivity index (χ2n) is 5.66. The molecule has 5 heteroatoms. The Balaban J connectivity index is 1.63. The molecule has 0 saturated carbocycles. The average molecular weight is 264 g/mol. The highest BCUT2D eigenvalue weighted by Crippen LogP contribution is 2.41. The topological polar surface area (TPSA) is 43.8 Å². The van der Waals surface area contributed by atoms with Crippen molar-refractivity contribution in [2.45, 2.75) is 6.42 Å². The highest BCUT2D eigenvalue weighted by Gasteiger charge is 2.48. The van der Waals surface area contributed by atoms with E-state index in [0.717, 1.165) is 32.6 Å². The average Bonchev–Trinajstić information content (AvgIpc) is 2.73. The molecule has 1 aromatic rings. The minimum Gasteiger partial charge on any atom is -0.480 e. The zero-order valence-electron chi connectivity index (χ0n) is 10.7.